The normalized spacial score (nSPS) is 21.3. The number of carboxylic acid groups (broad SMARTS) is 1. The van der Waals surface area contributed by atoms with Crippen molar-refractivity contribution in [3.05, 3.63) is 28.4 Å². The van der Waals surface area contributed by atoms with Crippen LogP contribution in [-0.4, -0.2) is 123 Å². The maximum Gasteiger partial charge on any atom is 0.308 e. The van der Waals surface area contributed by atoms with Crippen molar-refractivity contribution < 1.29 is 82.2 Å². The third-order valence-corrected chi connectivity index (χ3v) is 7.95. The summed E-state index contributed by atoms with van der Waals surface area (Å²) in [5.41, 5.74) is -2.80. The molecule has 0 saturated carbocycles. The van der Waals surface area contributed by atoms with Gasteiger partial charge in [-0.15, -0.1) is 0 Å². The van der Waals surface area contributed by atoms with Crippen LogP contribution in [0.25, 0.3) is 22.3 Å². The van der Waals surface area contributed by atoms with Gasteiger partial charge < -0.3 is 72.6 Å². The summed E-state index contributed by atoms with van der Waals surface area (Å²) in [6.45, 7) is 0.392. The zero-order valence-electron chi connectivity index (χ0n) is 28.8. The fourth-order valence-electron chi connectivity index (χ4n) is 5.53. The molecule has 5 N–H and O–H groups in total. The molecular weight excluding hydrogens is 684 g/mol. The quantitative estimate of drug-likeness (QED) is 0.136. The smallest absolute Gasteiger partial charge is 0.308 e. The van der Waals surface area contributed by atoms with Gasteiger partial charge in [0.25, 0.3) is 0 Å². The minimum atomic E-state index is -1.97. The van der Waals surface area contributed by atoms with E-state index in [-0.39, 0.29) is 51.0 Å². The molecule has 18 heteroatoms. The molecule has 1 aliphatic heterocycles. The van der Waals surface area contributed by atoms with E-state index in [0.29, 0.717) is 5.75 Å². The molecule has 1 aromatic heterocycles. The Hall–Kier alpha value is -5.01. The summed E-state index contributed by atoms with van der Waals surface area (Å²) in [6.07, 6.45) is -10.7. The highest BCUT2D eigenvalue weighted by molar-refractivity contribution is 5.97. The topological polar surface area (TPSA) is 249 Å². The molecular formula is C33H40O18. The average molecular weight is 725 g/mol. The summed E-state index contributed by atoms with van der Waals surface area (Å²) >= 11 is 0. The van der Waals surface area contributed by atoms with Gasteiger partial charge in [-0.1, -0.05) is 0 Å². The molecule has 2 aromatic carbocycles. The molecule has 4 rings (SSSR count). The van der Waals surface area contributed by atoms with E-state index in [1.165, 1.54) is 60.9 Å². The Morgan fingerprint density at radius 3 is 1.96 bits per heavy atom. The number of benzene rings is 2. The lowest BCUT2D eigenvalue weighted by Crippen LogP contribution is -2.60. The van der Waals surface area contributed by atoms with Gasteiger partial charge in [0.05, 0.1) is 61.1 Å². The second-order valence-electron chi connectivity index (χ2n) is 11.6. The molecule has 0 bridgehead atoms. The van der Waals surface area contributed by atoms with E-state index in [4.69, 9.17) is 52.2 Å². The maximum absolute atomic E-state index is 14.5. The van der Waals surface area contributed by atoms with Crippen LogP contribution in [0.1, 0.15) is 19.8 Å². The van der Waals surface area contributed by atoms with Crippen molar-refractivity contribution in [2.24, 2.45) is 0 Å². The second kappa shape index (κ2) is 15.9. The lowest BCUT2D eigenvalue weighted by atomic mass is 9.98. The molecule has 3 aromatic rings. The summed E-state index contributed by atoms with van der Waals surface area (Å²) in [7, 11) is 8.03. The fraction of sp³-hybridized carbons (Fsp3) is 0.485. The van der Waals surface area contributed by atoms with E-state index in [0.717, 1.165) is 6.92 Å². The summed E-state index contributed by atoms with van der Waals surface area (Å²) < 4.78 is 55.9. The predicted octanol–water partition coefficient (Wildman–Crippen LogP) is 0.857. The number of carbonyl (C=O) groups is 2. The minimum Gasteiger partial charge on any atom is -0.493 e. The van der Waals surface area contributed by atoms with Crippen LogP contribution in [0.15, 0.2) is 27.4 Å². The number of aliphatic hydroxyl groups excluding tert-OH is 3. The molecule has 1 aliphatic rings. The molecule has 2 heterocycles. The molecule has 18 nitrogen and oxygen atoms in total. The maximum atomic E-state index is 14.5. The number of aliphatic carboxylic acids is 1. The summed E-state index contributed by atoms with van der Waals surface area (Å²) in [6, 6.07) is 4.51. The number of carbonyl (C=O) groups excluding carboxylic acids is 1. The zero-order valence-corrected chi connectivity index (χ0v) is 28.8. The highest BCUT2D eigenvalue weighted by atomic mass is 16.7. The van der Waals surface area contributed by atoms with Gasteiger partial charge in [-0.05, 0) is 25.1 Å². The first-order valence-electron chi connectivity index (χ1n) is 15.2. The van der Waals surface area contributed by atoms with Crippen LogP contribution in [0.3, 0.4) is 0 Å². The third-order valence-electron chi connectivity index (χ3n) is 7.95. The molecule has 51 heavy (non-hydrogen) atoms. The van der Waals surface area contributed by atoms with Crippen molar-refractivity contribution in [3.8, 4) is 51.6 Å². The SMILES string of the molecule is COc1ccc(-c2oc3c(OC)c(OC)c(OC)c(OC)c3c(=O)c2O[C@H]2OC(COC(=O)CC(C)(O)CC(=O)O)[C@@H](O)C(O)C2O)cc1OC. The molecule has 0 aliphatic carbocycles. The van der Waals surface area contributed by atoms with Crippen molar-refractivity contribution >= 4 is 22.9 Å². The standard InChI is InChI=1S/C33H40O18/c1-33(41,11-18(34)35)12-19(36)48-13-17-21(37)23(39)24(40)32(49-17)51-28-22(38)20-26(44-4)29(45-5)31(47-7)30(46-6)27(20)50-25(28)14-8-9-15(42-2)16(10-14)43-3/h8-10,17,21,23-24,32,37,39-41H,11-13H2,1-7H3,(H,34,35)/t17?,21-,23?,24?,32-,33?/m1/s1. The molecule has 4 unspecified atom stereocenters. The predicted molar refractivity (Wildman–Crippen MR) is 173 cm³/mol. The van der Waals surface area contributed by atoms with Gasteiger partial charge in [0.15, 0.2) is 28.6 Å². The number of hydrogen-bond donors (Lipinski definition) is 5. The average Bonchev–Trinajstić information content (AvgIpc) is 3.09. The van der Waals surface area contributed by atoms with Crippen LogP contribution in [0.5, 0.6) is 40.2 Å². The Labute approximate surface area is 290 Å². The Kier molecular flexibility index (Phi) is 12.1. The van der Waals surface area contributed by atoms with Crippen molar-refractivity contribution in [1.29, 1.82) is 0 Å². The largest absolute Gasteiger partial charge is 0.493 e. The number of methoxy groups -OCH3 is 6. The number of esters is 1. The zero-order chi connectivity index (χ0) is 37.8. The number of carboxylic acids is 1. The fourth-order valence-corrected chi connectivity index (χ4v) is 5.53. The van der Waals surface area contributed by atoms with Gasteiger partial charge in [-0.2, -0.15) is 0 Å². The Morgan fingerprint density at radius 1 is 0.784 bits per heavy atom. The van der Waals surface area contributed by atoms with Gasteiger partial charge in [-0.25, -0.2) is 0 Å². The molecule has 0 radical (unpaired) electrons. The molecule has 6 atom stereocenters. The Morgan fingerprint density at radius 2 is 1.39 bits per heavy atom. The van der Waals surface area contributed by atoms with E-state index in [9.17, 15) is 34.8 Å². The van der Waals surface area contributed by atoms with Crippen LogP contribution in [0.4, 0.5) is 0 Å². The van der Waals surface area contributed by atoms with Crippen molar-refractivity contribution in [3.63, 3.8) is 0 Å². The number of aliphatic hydroxyl groups is 4. The second-order valence-corrected chi connectivity index (χ2v) is 11.6. The monoisotopic (exact) mass is 724 g/mol. The van der Waals surface area contributed by atoms with Crippen molar-refractivity contribution in [2.75, 3.05) is 49.3 Å². The Balaban J connectivity index is 1.85. The van der Waals surface area contributed by atoms with Gasteiger partial charge >= 0.3 is 11.9 Å². The van der Waals surface area contributed by atoms with Crippen molar-refractivity contribution in [2.45, 2.75) is 56.1 Å². The third kappa shape index (κ3) is 7.84. The van der Waals surface area contributed by atoms with E-state index >= 15 is 0 Å². The Bertz CT molecular complexity index is 1800. The van der Waals surface area contributed by atoms with Crippen LogP contribution >= 0.6 is 0 Å². The van der Waals surface area contributed by atoms with Crippen LogP contribution in [0.2, 0.25) is 0 Å². The number of rotatable bonds is 15. The van der Waals surface area contributed by atoms with Gasteiger partial charge in [0, 0.05) is 5.56 Å². The molecule has 1 saturated heterocycles. The van der Waals surface area contributed by atoms with Crippen molar-refractivity contribution in [1.82, 2.24) is 0 Å². The van der Waals surface area contributed by atoms with Gasteiger partial charge in [-0.3, -0.25) is 14.4 Å². The molecule has 0 amide bonds. The lowest BCUT2D eigenvalue weighted by molar-refractivity contribution is -0.278. The first-order chi connectivity index (χ1) is 24.2. The van der Waals surface area contributed by atoms with E-state index in [2.05, 4.69) is 0 Å². The summed E-state index contributed by atoms with van der Waals surface area (Å²) in [5.74, 6) is -2.83. The lowest BCUT2D eigenvalue weighted by Gasteiger charge is -2.40. The van der Waals surface area contributed by atoms with E-state index in [1.807, 2.05) is 0 Å². The highest BCUT2D eigenvalue weighted by Crippen LogP contribution is 2.52. The number of ether oxygens (including phenoxy) is 9. The van der Waals surface area contributed by atoms with Gasteiger partial charge in [0.1, 0.15) is 36.4 Å². The summed E-state index contributed by atoms with van der Waals surface area (Å²) in [4.78, 5) is 37.9. The number of hydrogen-bond acceptors (Lipinski definition) is 17. The minimum absolute atomic E-state index is 0.0295. The van der Waals surface area contributed by atoms with Crippen LogP contribution < -0.4 is 38.6 Å². The highest BCUT2D eigenvalue weighted by Gasteiger charge is 2.46. The molecule has 280 valence electrons. The van der Waals surface area contributed by atoms with Gasteiger partial charge in [0.2, 0.25) is 34.7 Å². The van der Waals surface area contributed by atoms with Crippen LogP contribution in [0, 0.1) is 0 Å². The molecule has 0 spiro atoms. The molecule has 1 fully saturated rings. The van der Waals surface area contributed by atoms with E-state index < -0.39 is 78.9 Å². The first-order valence-corrected chi connectivity index (χ1v) is 15.2. The van der Waals surface area contributed by atoms with Crippen LogP contribution in [-0.2, 0) is 19.1 Å². The number of fused-ring (bicyclic) bond motifs is 1. The van der Waals surface area contributed by atoms with E-state index in [1.54, 1.807) is 0 Å². The summed E-state index contributed by atoms with van der Waals surface area (Å²) in [5, 5.41) is 51.3. The first kappa shape index (κ1) is 38.8.